The van der Waals surface area contributed by atoms with E-state index in [0.29, 0.717) is 17.8 Å². The van der Waals surface area contributed by atoms with Gasteiger partial charge in [0.2, 0.25) is 0 Å². The molecule has 0 N–H and O–H groups in total. The number of rotatable bonds is 12. The third-order valence-electron chi connectivity index (χ3n) is 9.04. The summed E-state index contributed by atoms with van der Waals surface area (Å²) in [6, 6.07) is 64.7. The SMILES string of the molecule is CCC(c1ccccc1)c1ccccc1.CCCC(c1ccccc1)c1ccccc1.CCCCC(c1ccccc1)c1ccccc1. The Hall–Kier alpha value is -4.68. The van der Waals surface area contributed by atoms with Gasteiger partial charge in [-0.3, -0.25) is 0 Å². The van der Waals surface area contributed by atoms with Gasteiger partial charge in [-0.05, 0) is 52.6 Å². The highest BCUT2D eigenvalue weighted by atomic mass is 14.2. The molecule has 0 spiro atoms. The molecule has 0 atom stereocenters. The zero-order valence-electron chi connectivity index (χ0n) is 29.3. The van der Waals surface area contributed by atoms with E-state index in [9.17, 15) is 0 Å². The molecule has 48 heavy (non-hydrogen) atoms. The molecule has 0 amide bonds. The zero-order chi connectivity index (χ0) is 33.7. The van der Waals surface area contributed by atoms with Crippen molar-refractivity contribution in [2.24, 2.45) is 0 Å². The van der Waals surface area contributed by atoms with Gasteiger partial charge in [0, 0.05) is 17.8 Å². The Morgan fingerprint density at radius 1 is 0.292 bits per heavy atom. The molecule has 0 nitrogen and oxygen atoms in total. The molecule has 0 aromatic heterocycles. The Kier molecular flexibility index (Phi) is 16.0. The summed E-state index contributed by atoms with van der Waals surface area (Å²) in [5.74, 6) is 1.64. The summed E-state index contributed by atoms with van der Waals surface area (Å²) in [6.45, 7) is 6.75. The molecule has 0 aliphatic heterocycles. The molecule has 0 aliphatic carbocycles. The average molecular weight is 631 g/mol. The summed E-state index contributed by atoms with van der Waals surface area (Å²) >= 11 is 0. The van der Waals surface area contributed by atoms with Crippen molar-refractivity contribution in [3.05, 3.63) is 215 Å². The first kappa shape index (κ1) is 36.2. The van der Waals surface area contributed by atoms with Crippen LogP contribution in [0.1, 0.15) is 110 Å². The van der Waals surface area contributed by atoms with Crippen LogP contribution in [0.2, 0.25) is 0 Å². The number of hydrogen-bond acceptors (Lipinski definition) is 0. The molecule has 0 saturated heterocycles. The highest BCUT2D eigenvalue weighted by Crippen LogP contribution is 2.30. The summed E-state index contributed by atoms with van der Waals surface area (Å²) in [6.07, 6.45) is 7.37. The standard InChI is InChI=1S/C17H20.C16H18.C15H16/c1-2-3-14-17(15-10-6-4-7-11-15)16-12-8-5-9-13-16;1-2-9-16(14-10-5-3-6-11-14)15-12-7-4-8-13-15;1-2-15(13-9-5-3-6-10-13)14-11-7-4-8-12-14/h4-13,17H,2-3,14H2,1H3;3-8,10-13,16H,2,9H2,1H3;3-12,15H,2H2,1H3. The van der Waals surface area contributed by atoms with Crippen LogP contribution in [-0.4, -0.2) is 0 Å². The van der Waals surface area contributed by atoms with Crippen LogP contribution in [-0.2, 0) is 0 Å². The van der Waals surface area contributed by atoms with Crippen LogP contribution in [0.3, 0.4) is 0 Å². The summed E-state index contributed by atoms with van der Waals surface area (Å²) in [7, 11) is 0. The van der Waals surface area contributed by atoms with E-state index < -0.39 is 0 Å². The molecule has 0 unspecified atom stereocenters. The van der Waals surface area contributed by atoms with Gasteiger partial charge >= 0.3 is 0 Å². The molecule has 0 radical (unpaired) electrons. The Balaban J connectivity index is 0.000000163. The van der Waals surface area contributed by atoms with Crippen LogP contribution in [0.25, 0.3) is 0 Å². The van der Waals surface area contributed by atoms with Crippen LogP contribution in [0.5, 0.6) is 0 Å². The molecule has 0 fully saturated rings. The van der Waals surface area contributed by atoms with Gasteiger partial charge in [0.1, 0.15) is 0 Å². The summed E-state index contributed by atoms with van der Waals surface area (Å²) < 4.78 is 0. The molecule has 0 saturated carbocycles. The van der Waals surface area contributed by atoms with Crippen LogP contribution in [0, 0.1) is 0 Å². The van der Waals surface area contributed by atoms with E-state index in [4.69, 9.17) is 0 Å². The Bertz CT molecular complexity index is 1490. The first-order valence-electron chi connectivity index (χ1n) is 18.0. The minimum atomic E-state index is 0.535. The smallest absolute Gasteiger partial charge is 0.00893 e. The van der Waals surface area contributed by atoms with Crippen molar-refractivity contribution in [1.82, 2.24) is 0 Å². The molecule has 0 heterocycles. The number of benzene rings is 6. The molecule has 0 bridgehead atoms. The van der Waals surface area contributed by atoms with Crippen LogP contribution in [0.15, 0.2) is 182 Å². The average Bonchev–Trinajstić information content (AvgIpc) is 3.17. The molecular formula is C48H54. The van der Waals surface area contributed by atoms with Gasteiger partial charge in [0.25, 0.3) is 0 Å². The minimum absolute atomic E-state index is 0.535. The van der Waals surface area contributed by atoms with Crippen molar-refractivity contribution < 1.29 is 0 Å². The molecule has 6 aromatic carbocycles. The van der Waals surface area contributed by atoms with Gasteiger partial charge in [0.05, 0.1) is 0 Å². The van der Waals surface area contributed by atoms with E-state index in [2.05, 4.69) is 203 Å². The number of unbranched alkanes of at least 4 members (excludes halogenated alkanes) is 1. The second-order valence-corrected chi connectivity index (χ2v) is 12.5. The van der Waals surface area contributed by atoms with Crippen molar-refractivity contribution in [2.45, 2.75) is 77.0 Å². The normalized spacial score (nSPS) is 10.6. The molecule has 0 aliphatic rings. The quantitative estimate of drug-likeness (QED) is 0.126. The first-order valence-corrected chi connectivity index (χ1v) is 18.0. The Labute approximate surface area is 291 Å². The van der Waals surface area contributed by atoms with E-state index in [0.717, 1.165) is 6.42 Å². The lowest BCUT2D eigenvalue weighted by atomic mass is 9.87. The lowest BCUT2D eigenvalue weighted by Crippen LogP contribution is -2.00. The van der Waals surface area contributed by atoms with Crippen molar-refractivity contribution in [2.75, 3.05) is 0 Å². The lowest BCUT2D eigenvalue weighted by Gasteiger charge is -2.17. The fourth-order valence-electron chi connectivity index (χ4n) is 6.52. The highest BCUT2D eigenvalue weighted by molar-refractivity contribution is 5.34. The third kappa shape index (κ3) is 11.5. The predicted octanol–water partition coefficient (Wildman–Crippen LogP) is 13.9. The van der Waals surface area contributed by atoms with Crippen LogP contribution >= 0.6 is 0 Å². The fourth-order valence-corrected chi connectivity index (χ4v) is 6.52. The van der Waals surface area contributed by atoms with Crippen molar-refractivity contribution in [3.8, 4) is 0 Å². The van der Waals surface area contributed by atoms with Gasteiger partial charge in [-0.25, -0.2) is 0 Å². The topological polar surface area (TPSA) is 0 Å². The van der Waals surface area contributed by atoms with Crippen LogP contribution in [0.4, 0.5) is 0 Å². The Morgan fingerprint density at radius 3 is 0.771 bits per heavy atom. The summed E-state index contributed by atoms with van der Waals surface area (Å²) in [5.41, 5.74) is 8.54. The fraction of sp³-hybridized carbons (Fsp3) is 0.250. The van der Waals surface area contributed by atoms with Gasteiger partial charge in [-0.1, -0.05) is 222 Å². The van der Waals surface area contributed by atoms with E-state index in [1.807, 2.05) is 0 Å². The van der Waals surface area contributed by atoms with Gasteiger partial charge in [0.15, 0.2) is 0 Å². The molecule has 0 heteroatoms. The first-order chi connectivity index (χ1) is 23.7. The van der Waals surface area contributed by atoms with Gasteiger partial charge < -0.3 is 0 Å². The summed E-state index contributed by atoms with van der Waals surface area (Å²) in [5, 5.41) is 0. The maximum Gasteiger partial charge on any atom is 0.00893 e. The van der Waals surface area contributed by atoms with E-state index in [-0.39, 0.29) is 0 Å². The highest BCUT2D eigenvalue weighted by Gasteiger charge is 2.13. The molecule has 6 rings (SSSR count). The maximum atomic E-state index is 2.26. The maximum absolute atomic E-state index is 2.26. The number of hydrogen-bond donors (Lipinski definition) is 0. The van der Waals surface area contributed by atoms with Crippen molar-refractivity contribution in [3.63, 3.8) is 0 Å². The second kappa shape index (κ2) is 21.2. The van der Waals surface area contributed by atoms with E-state index >= 15 is 0 Å². The van der Waals surface area contributed by atoms with Crippen molar-refractivity contribution in [1.29, 1.82) is 0 Å². The van der Waals surface area contributed by atoms with E-state index in [1.54, 1.807) is 0 Å². The molecule has 6 aromatic rings. The molecular weight excluding hydrogens is 577 g/mol. The second-order valence-electron chi connectivity index (χ2n) is 12.5. The van der Waals surface area contributed by atoms with Gasteiger partial charge in [-0.2, -0.15) is 0 Å². The minimum Gasteiger partial charge on any atom is -0.0654 e. The van der Waals surface area contributed by atoms with Crippen LogP contribution < -0.4 is 0 Å². The van der Waals surface area contributed by atoms with Crippen molar-refractivity contribution >= 4 is 0 Å². The molecule has 246 valence electrons. The Morgan fingerprint density at radius 2 is 0.542 bits per heavy atom. The lowest BCUT2D eigenvalue weighted by molar-refractivity contribution is 0.650. The monoisotopic (exact) mass is 630 g/mol. The van der Waals surface area contributed by atoms with E-state index in [1.165, 1.54) is 65.5 Å². The summed E-state index contributed by atoms with van der Waals surface area (Å²) in [4.78, 5) is 0. The largest absolute Gasteiger partial charge is 0.0654 e. The van der Waals surface area contributed by atoms with Gasteiger partial charge in [-0.15, -0.1) is 0 Å². The zero-order valence-corrected chi connectivity index (χ0v) is 29.3. The third-order valence-corrected chi connectivity index (χ3v) is 9.04. The predicted molar refractivity (Wildman–Crippen MR) is 209 cm³/mol.